The van der Waals surface area contributed by atoms with Gasteiger partial charge in [-0.15, -0.1) is 0 Å². The Kier molecular flexibility index (Phi) is 3.42. The molecule has 0 unspecified atom stereocenters. The quantitative estimate of drug-likeness (QED) is 0.822. The van der Waals surface area contributed by atoms with E-state index in [4.69, 9.17) is 4.74 Å². The van der Waals surface area contributed by atoms with Gasteiger partial charge in [0.25, 0.3) is 11.5 Å². The molecule has 1 N–H and O–H groups in total. The van der Waals surface area contributed by atoms with Crippen molar-refractivity contribution in [1.29, 1.82) is 0 Å². The summed E-state index contributed by atoms with van der Waals surface area (Å²) in [6.07, 6.45) is -0.322. The maximum Gasteiger partial charge on any atom is 0.410 e. The van der Waals surface area contributed by atoms with E-state index in [1.807, 2.05) is 13.8 Å². The number of hydrogen-bond acceptors (Lipinski definition) is 4. The summed E-state index contributed by atoms with van der Waals surface area (Å²) in [6, 6.07) is -0.115. The van der Waals surface area contributed by atoms with Crippen molar-refractivity contribution in [3.05, 3.63) is 32.7 Å². The van der Waals surface area contributed by atoms with E-state index in [0.29, 0.717) is 31.8 Å². The van der Waals surface area contributed by atoms with Crippen LogP contribution in [0.5, 0.6) is 0 Å². The van der Waals surface area contributed by atoms with Crippen LogP contribution in [-0.4, -0.2) is 59.1 Å². The van der Waals surface area contributed by atoms with Crippen molar-refractivity contribution in [2.75, 3.05) is 26.2 Å². The van der Waals surface area contributed by atoms with Crippen LogP contribution < -0.4 is 5.56 Å². The first kappa shape index (κ1) is 14.6. The molecule has 1 aromatic heterocycles. The van der Waals surface area contributed by atoms with Crippen molar-refractivity contribution in [2.45, 2.75) is 26.8 Å². The molecule has 118 valence electrons. The number of carbonyl (C=O) groups excluding carboxylic acids is 2. The van der Waals surface area contributed by atoms with Gasteiger partial charge in [-0.3, -0.25) is 14.5 Å². The summed E-state index contributed by atoms with van der Waals surface area (Å²) in [5.74, 6) is -0.277. The predicted octanol–water partition coefficient (Wildman–Crippen LogP) is 0.577. The molecule has 0 saturated carbocycles. The molecule has 0 aliphatic carbocycles. The molecule has 2 aliphatic heterocycles. The van der Waals surface area contributed by atoms with Crippen molar-refractivity contribution in [3.63, 3.8) is 0 Å². The van der Waals surface area contributed by atoms with Crippen LogP contribution in [0.2, 0.25) is 0 Å². The first-order chi connectivity index (χ1) is 10.4. The Labute approximate surface area is 127 Å². The van der Waals surface area contributed by atoms with Gasteiger partial charge in [-0.2, -0.15) is 0 Å². The molecule has 0 radical (unpaired) electrons. The molecule has 2 fully saturated rings. The number of carbonyl (C=O) groups is 2. The average Bonchev–Trinajstić information content (AvgIpc) is 2.86. The minimum atomic E-state index is -0.355. The molecule has 7 nitrogen and oxygen atoms in total. The lowest BCUT2D eigenvalue weighted by Crippen LogP contribution is -2.54. The number of nitrogens with one attached hydrogen (secondary N) is 1. The van der Waals surface area contributed by atoms with Crippen molar-refractivity contribution < 1.29 is 14.3 Å². The molecule has 0 aromatic carbocycles. The standard InChI is InChI=1S/C15H19N3O4/c1-8-9(2)12(13(19)16-10(8)3)14(20)17-4-5-18-11(6-17)7-22-15(18)21/h11H,4-7H2,1-3H3,(H,16,19)/t11-/m1/s1. The maximum absolute atomic E-state index is 12.7. The summed E-state index contributed by atoms with van der Waals surface area (Å²) in [5.41, 5.74) is 2.25. The van der Waals surface area contributed by atoms with Gasteiger partial charge in [-0.1, -0.05) is 0 Å². The number of aromatic nitrogens is 1. The van der Waals surface area contributed by atoms with E-state index in [1.54, 1.807) is 16.7 Å². The van der Waals surface area contributed by atoms with Gasteiger partial charge < -0.3 is 14.6 Å². The van der Waals surface area contributed by atoms with Gasteiger partial charge >= 0.3 is 6.09 Å². The Morgan fingerprint density at radius 2 is 1.91 bits per heavy atom. The second-order valence-electron chi connectivity index (χ2n) is 5.88. The third-order valence-electron chi connectivity index (χ3n) is 4.65. The molecular weight excluding hydrogens is 286 g/mol. The zero-order valence-corrected chi connectivity index (χ0v) is 12.9. The van der Waals surface area contributed by atoms with Gasteiger partial charge in [0, 0.05) is 25.3 Å². The fourth-order valence-corrected chi connectivity index (χ4v) is 3.05. The number of ether oxygens (including phenoxy) is 1. The minimum absolute atomic E-state index is 0.115. The number of nitrogens with zero attached hydrogens (tertiary/aromatic N) is 2. The third kappa shape index (κ3) is 2.17. The van der Waals surface area contributed by atoms with Gasteiger partial charge in [0.05, 0.1) is 6.04 Å². The van der Waals surface area contributed by atoms with Gasteiger partial charge in [0.2, 0.25) is 0 Å². The van der Waals surface area contributed by atoms with Crippen molar-refractivity contribution in [1.82, 2.24) is 14.8 Å². The lowest BCUT2D eigenvalue weighted by atomic mass is 10.0. The number of cyclic esters (lactones) is 1. The highest BCUT2D eigenvalue weighted by Crippen LogP contribution is 2.20. The fraction of sp³-hybridized carbons (Fsp3) is 0.533. The summed E-state index contributed by atoms with van der Waals surface area (Å²) in [4.78, 5) is 42.4. The molecule has 1 aromatic rings. The van der Waals surface area contributed by atoms with E-state index in [1.165, 1.54) is 0 Å². The number of pyridine rings is 1. The number of piperazine rings is 1. The molecular formula is C15H19N3O4. The first-order valence-electron chi connectivity index (χ1n) is 7.33. The molecule has 22 heavy (non-hydrogen) atoms. The average molecular weight is 305 g/mol. The number of fused-ring (bicyclic) bond motifs is 1. The highest BCUT2D eigenvalue weighted by molar-refractivity contribution is 5.95. The van der Waals surface area contributed by atoms with Gasteiger partial charge in [0.15, 0.2) is 0 Å². The molecule has 3 rings (SSSR count). The fourth-order valence-electron chi connectivity index (χ4n) is 3.05. The van der Waals surface area contributed by atoms with E-state index in [-0.39, 0.29) is 29.2 Å². The maximum atomic E-state index is 12.7. The van der Waals surface area contributed by atoms with Crippen LogP contribution in [0.1, 0.15) is 27.2 Å². The number of aryl methyl sites for hydroxylation is 1. The SMILES string of the molecule is Cc1[nH]c(=O)c(C(=O)N2CCN3C(=O)OC[C@H]3C2)c(C)c1C. The van der Waals surface area contributed by atoms with Crippen LogP contribution in [0, 0.1) is 20.8 Å². The second-order valence-corrected chi connectivity index (χ2v) is 5.88. The first-order valence-corrected chi connectivity index (χ1v) is 7.33. The lowest BCUT2D eigenvalue weighted by molar-refractivity contribution is 0.0614. The molecule has 0 bridgehead atoms. The largest absolute Gasteiger partial charge is 0.447 e. The van der Waals surface area contributed by atoms with Crippen LogP contribution in [0.4, 0.5) is 4.79 Å². The number of aromatic amines is 1. The smallest absolute Gasteiger partial charge is 0.410 e. The summed E-state index contributed by atoms with van der Waals surface area (Å²) in [6.45, 7) is 7.05. The number of rotatable bonds is 1. The third-order valence-corrected chi connectivity index (χ3v) is 4.65. The van der Waals surface area contributed by atoms with E-state index < -0.39 is 0 Å². The van der Waals surface area contributed by atoms with Crippen LogP contribution in [-0.2, 0) is 4.74 Å². The van der Waals surface area contributed by atoms with Gasteiger partial charge in [-0.25, -0.2) is 4.79 Å². The Morgan fingerprint density at radius 3 is 2.64 bits per heavy atom. The van der Waals surface area contributed by atoms with Crippen molar-refractivity contribution in [2.24, 2.45) is 0 Å². The summed E-state index contributed by atoms with van der Waals surface area (Å²) in [7, 11) is 0. The Hall–Kier alpha value is -2.31. The van der Waals surface area contributed by atoms with Crippen molar-refractivity contribution in [3.8, 4) is 0 Å². The van der Waals surface area contributed by atoms with E-state index in [9.17, 15) is 14.4 Å². The predicted molar refractivity (Wildman–Crippen MR) is 79.0 cm³/mol. The lowest BCUT2D eigenvalue weighted by Gasteiger charge is -2.35. The molecule has 0 spiro atoms. The zero-order chi connectivity index (χ0) is 16.0. The molecule has 1 atom stereocenters. The van der Waals surface area contributed by atoms with Gasteiger partial charge in [-0.05, 0) is 31.9 Å². The summed E-state index contributed by atoms with van der Waals surface area (Å²) < 4.78 is 5.00. The van der Waals surface area contributed by atoms with E-state index >= 15 is 0 Å². The number of hydrogen-bond donors (Lipinski definition) is 1. The molecule has 2 saturated heterocycles. The molecule has 3 heterocycles. The Morgan fingerprint density at radius 1 is 1.18 bits per heavy atom. The monoisotopic (exact) mass is 305 g/mol. The second kappa shape index (κ2) is 5.15. The van der Waals surface area contributed by atoms with Crippen LogP contribution in [0.25, 0.3) is 0 Å². The number of amides is 2. The number of H-pyrrole nitrogens is 1. The Bertz CT molecular complexity index is 709. The van der Waals surface area contributed by atoms with Gasteiger partial charge in [0.1, 0.15) is 12.2 Å². The highest BCUT2D eigenvalue weighted by atomic mass is 16.6. The zero-order valence-electron chi connectivity index (χ0n) is 12.9. The highest BCUT2D eigenvalue weighted by Gasteiger charge is 2.39. The summed E-state index contributed by atoms with van der Waals surface area (Å²) in [5, 5.41) is 0. The van der Waals surface area contributed by atoms with Crippen LogP contribution in [0.3, 0.4) is 0 Å². The van der Waals surface area contributed by atoms with Crippen molar-refractivity contribution >= 4 is 12.0 Å². The topological polar surface area (TPSA) is 82.7 Å². The molecule has 2 aliphatic rings. The van der Waals surface area contributed by atoms with E-state index in [0.717, 1.165) is 11.3 Å². The summed E-state index contributed by atoms with van der Waals surface area (Å²) >= 11 is 0. The van der Waals surface area contributed by atoms with Crippen LogP contribution in [0.15, 0.2) is 4.79 Å². The Balaban J connectivity index is 1.88. The normalized spacial score (nSPS) is 20.9. The minimum Gasteiger partial charge on any atom is -0.447 e. The van der Waals surface area contributed by atoms with E-state index in [2.05, 4.69) is 4.98 Å². The molecule has 2 amide bonds. The molecule has 7 heteroatoms. The van der Waals surface area contributed by atoms with Crippen LogP contribution >= 0.6 is 0 Å².